The molecule has 6 fully saturated rings. The summed E-state index contributed by atoms with van der Waals surface area (Å²) in [4.78, 5) is 51.1. The van der Waals surface area contributed by atoms with Crippen LogP contribution in [0.15, 0.2) is 96.1 Å². The molecule has 11 rings (SSSR count). The Balaban J connectivity index is 0.000000141. The Kier molecular flexibility index (Phi) is 17.0. The molecule has 2 aliphatic heterocycles. The van der Waals surface area contributed by atoms with Gasteiger partial charge in [0.25, 0.3) is 32.1 Å². The second-order valence-electron chi connectivity index (χ2n) is 23.2. The smallest absolute Gasteiger partial charge is 0.265 e. The molecule has 3 heterocycles. The number of benzene rings is 4. The summed E-state index contributed by atoms with van der Waals surface area (Å²) in [5, 5.41) is 12.3. The number of piperidine rings is 2. The standard InChI is InChI=1S/C19H20N4O.C19H22N4O.2C10H16O4S/c20-19(24)17-5-1-3-15-12-23(22-18(15)17)16-8-6-13(7-9-16)14-4-2-10-21-11-14;20-18-15(3-1-5-17(18)19(21)24)12-23-16-8-6-13(7-9-16)14-4-2-10-22-11-14;2*1-9(2)7-3-4-10(9,8(11)5-7)6-15(12,13)14/h1,3,5-9,12,14,21H,2,4,10-11H2,(H2,20,24);1,3,5-9,12,14,22H,2,4,10-11,20H2,(H2,21,24);2*7H,3-6H2,1-2H3,(H,12,13,14). The maximum absolute atomic E-state index is 11.9. The lowest BCUT2D eigenvalue weighted by Crippen LogP contribution is -2.42. The fourth-order valence-corrected chi connectivity index (χ4v) is 15.9. The van der Waals surface area contributed by atoms with E-state index in [1.54, 1.807) is 29.1 Å². The van der Waals surface area contributed by atoms with Gasteiger partial charge in [-0.3, -0.25) is 33.3 Å². The number of ketones is 2. The molecule has 78 heavy (non-hydrogen) atoms. The molecule has 6 unspecified atom stereocenters. The highest BCUT2D eigenvalue weighted by Gasteiger charge is 2.66. The zero-order valence-electron chi connectivity index (χ0n) is 44.9. The van der Waals surface area contributed by atoms with E-state index < -0.39 is 54.4 Å². The zero-order chi connectivity index (χ0) is 56.4. The van der Waals surface area contributed by atoms with Crippen LogP contribution in [0.5, 0.6) is 0 Å². The molecule has 5 aromatic rings. The number of Topliss-reactive ketones (excluding diaryl/α,β-unsaturated/α-hetero) is 2. The van der Waals surface area contributed by atoms with E-state index in [-0.39, 0.29) is 34.2 Å². The Morgan fingerprint density at radius 2 is 1.17 bits per heavy atom. The number of nitrogen functional groups attached to an aromatic ring is 1. The number of aliphatic imine (C=N–C) groups is 1. The molecule has 18 nitrogen and oxygen atoms in total. The minimum Gasteiger partial charge on any atom is -0.398 e. The lowest BCUT2D eigenvalue weighted by Gasteiger charge is -2.35. The van der Waals surface area contributed by atoms with Gasteiger partial charge >= 0.3 is 0 Å². The van der Waals surface area contributed by atoms with Gasteiger partial charge in [-0.2, -0.15) is 21.9 Å². The van der Waals surface area contributed by atoms with Crippen LogP contribution in [-0.2, 0) is 29.8 Å². The highest BCUT2D eigenvalue weighted by molar-refractivity contribution is 7.86. The molecule has 1 aromatic heterocycles. The first-order valence-corrected chi connectivity index (χ1v) is 30.1. The predicted molar refractivity (Wildman–Crippen MR) is 302 cm³/mol. The van der Waals surface area contributed by atoms with Crippen LogP contribution >= 0.6 is 0 Å². The molecule has 4 aliphatic carbocycles. The summed E-state index contributed by atoms with van der Waals surface area (Å²) < 4.78 is 63.8. The minimum atomic E-state index is -4.08. The van der Waals surface area contributed by atoms with Crippen LogP contribution in [0.25, 0.3) is 16.6 Å². The van der Waals surface area contributed by atoms with E-state index >= 15 is 0 Å². The second kappa shape index (κ2) is 22.9. The number of para-hydroxylation sites is 1. The first kappa shape index (κ1) is 58.0. The summed E-state index contributed by atoms with van der Waals surface area (Å²) in [5.41, 5.74) is 21.5. The molecule has 4 saturated carbocycles. The van der Waals surface area contributed by atoms with Gasteiger partial charge in [0.15, 0.2) is 0 Å². The van der Waals surface area contributed by atoms with Gasteiger partial charge in [0.2, 0.25) is 0 Å². The van der Waals surface area contributed by atoms with Crippen LogP contribution in [0.2, 0.25) is 0 Å². The number of rotatable bonds is 11. The summed E-state index contributed by atoms with van der Waals surface area (Å²) in [6.07, 6.45) is 12.5. The topological polar surface area (TPSA) is 309 Å². The first-order valence-electron chi connectivity index (χ1n) is 26.8. The Bertz CT molecular complexity index is 3230. The van der Waals surface area contributed by atoms with Gasteiger partial charge in [0, 0.05) is 49.3 Å². The number of amides is 2. The third-order valence-corrected chi connectivity index (χ3v) is 20.0. The third kappa shape index (κ3) is 12.2. The zero-order valence-corrected chi connectivity index (χ0v) is 46.5. The molecule has 10 N–H and O–H groups in total. The number of carbonyl (C=O) groups excluding carboxylic acids is 4. The normalized spacial score (nSPS) is 25.9. The Morgan fingerprint density at radius 3 is 1.59 bits per heavy atom. The van der Waals surface area contributed by atoms with Crippen molar-refractivity contribution in [3.63, 3.8) is 0 Å². The fourth-order valence-electron chi connectivity index (χ4n) is 13.3. The van der Waals surface area contributed by atoms with Gasteiger partial charge in [-0.1, -0.05) is 76.2 Å². The summed E-state index contributed by atoms with van der Waals surface area (Å²) in [7, 11) is -8.15. The number of nitrogens with one attached hydrogen (secondary N) is 2. The lowest BCUT2D eigenvalue weighted by atomic mass is 9.70. The number of primary amides is 2. The molecule has 0 radical (unpaired) electrons. The fraction of sp³-hybridized carbons (Fsp3) is 0.483. The monoisotopic (exact) mass is 1110 g/mol. The van der Waals surface area contributed by atoms with Crippen molar-refractivity contribution in [3.05, 3.63) is 119 Å². The third-order valence-electron chi connectivity index (χ3n) is 18.3. The molecule has 4 aromatic carbocycles. The van der Waals surface area contributed by atoms with Crippen molar-refractivity contribution in [2.75, 3.05) is 43.4 Å². The molecule has 4 bridgehead atoms. The molecule has 0 spiro atoms. The van der Waals surface area contributed by atoms with Crippen LogP contribution in [-0.4, -0.2) is 103 Å². The van der Waals surface area contributed by atoms with Crippen LogP contribution in [0, 0.1) is 33.5 Å². The van der Waals surface area contributed by atoms with E-state index in [1.165, 1.54) is 36.8 Å². The highest BCUT2D eigenvalue weighted by atomic mass is 32.2. The number of hydrogen-bond donors (Lipinski definition) is 7. The van der Waals surface area contributed by atoms with Gasteiger partial charge in [-0.05, 0) is 146 Å². The van der Waals surface area contributed by atoms with Crippen molar-refractivity contribution in [1.82, 2.24) is 20.4 Å². The van der Waals surface area contributed by atoms with Crippen LogP contribution in [0.4, 0.5) is 11.4 Å². The number of carbonyl (C=O) groups is 4. The van der Waals surface area contributed by atoms with Crippen molar-refractivity contribution >= 4 is 72.1 Å². The predicted octanol–water partition coefficient (Wildman–Crippen LogP) is 7.72. The summed E-state index contributed by atoms with van der Waals surface area (Å²) in [6.45, 7) is 12.1. The second-order valence-corrected chi connectivity index (χ2v) is 26.1. The average molecular weight is 1110 g/mol. The molecule has 6 atom stereocenters. The van der Waals surface area contributed by atoms with Crippen molar-refractivity contribution in [2.45, 2.75) is 104 Å². The van der Waals surface area contributed by atoms with Crippen molar-refractivity contribution < 1.29 is 45.1 Å². The lowest BCUT2D eigenvalue weighted by molar-refractivity contribution is -0.128. The maximum Gasteiger partial charge on any atom is 0.265 e. The van der Waals surface area contributed by atoms with Crippen LogP contribution < -0.4 is 27.8 Å². The number of nitrogens with two attached hydrogens (primary N) is 3. The van der Waals surface area contributed by atoms with Crippen molar-refractivity contribution in [2.24, 2.45) is 50.0 Å². The van der Waals surface area contributed by atoms with E-state index in [0.717, 1.165) is 55.8 Å². The number of anilines is 1. The van der Waals surface area contributed by atoms with Crippen molar-refractivity contribution in [1.29, 1.82) is 0 Å². The quantitative estimate of drug-likeness (QED) is 0.0379. The van der Waals surface area contributed by atoms with Gasteiger partial charge in [0.05, 0.1) is 50.5 Å². The molecule has 2 saturated heterocycles. The van der Waals surface area contributed by atoms with E-state index in [9.17, 15) is 36.0 Å². The van der Waals surface area contributed by atoms with Crippen molar-refractivity contribution in [3.8, 4) is 5.69 Å². The van der Waals surface area contributed by atoms with Gasteiger partial charge < -0.3 is 27.8 Å². The van der Waals surface area contributed by atoms with Gasteiger partial charge in [0.1, 0.15) is 17.1 Å². The molecule has 418 valence electrons. The number of nitrogens with zero attached hydrogens (tertiary/aromatic N) is 3. The van der Waals surface area contributed by atoms with E-state index in [1.807, 2.05) is 64.2 Å². The number of fused-ring (bicyclic) bond motifs is 5. The molecular formula is C58H74N8O10S2. The molecular weight excluding hydrogens is 1030 g/mol. The summed E-state index contributed by atoms with van der Waals surface area (Å²) in [5.74, 6) is -0.0175. The largest absolute Gasteiger partial charge is 0.398 e. The Hall–Kier alpha value is -6.16. The number of hydrogen-bond acceptors (Lipinski definition) is 13. The maximum atomic E-state index is 11.9. The first-order chi connectivity index (χ1) is 36.7. The molecule has 20 heteroatoms. The van der Waals surface area contributed by atoms with E-state index in [0.29, 0.717) is 65.4 Å². The minimum absolute atomic E-state index is 0.0152. The van der Waals surface area contributed by atoms with Gasteiger partial charge in [-0.25, -0.2) is 4.68 Å². The Morgan fingerprint density at radius 1 is 0.692 bits per heavy atom. The SMILES string of the molecule is CC1(C)C2CCC1(CS(=O)(=O)O)C(=O)C2.CC1(C)C2CCC1(CS(=O)(=O)O)C(=O)C2.NC(=O)c1cccc(C=Nc2ccc(C3CCCNC3)cc2)c1N.NC(=O)c1cccc2cn(-c3ccc(C4CCCNC4)cc3)nc12. The molecule has 6 aliphatic rings. The van der Waals surface area contributed by atoms with Crippen LogP contribution in [0.1, 0.15) is 141 Å². The van der Waals surface area contributed by atoms with E-state index in [2.05, 4.69) is 57.1 Å². The summed E-state index contributed by atoms with van der Waals surface area (Å²) >= 11 is 0. The number of aromatic nitrogens is 2. The van der Waals surface area contributed by atoms with Gasteiger partial charge in [-0.15, -0.1) is 0 Å². The Labute approximate surface area is 457 Å². The summed E-state index contributed by atoms with van der Waals surface area (Å²) in [6, 6.07) is 27.4. The van der Waals surface area contributed by atoms with Crippen LogP contribution in [0.3, 0.4) is 0 Å². The van der Waals surface area contributed by atoms with E-state index in [4.69, 9.17) is 26.3 Å². The molecule has 2 amide bonds. The average Bonchev–Trinajstić information content (AvgIpc) is 4.24. The highest BCUT2D eigenvalue weighted by Crippen LogP contribution is 2.65.